The van der Waals surface area contributed by atoms with Crippen LogP contribution in [0, 0.1) is 0 Å². The third-order valence-electron chi connectivity index (χ3n) is 2.84. The highest BCUT2D eigenvalue weighted by Crippen LogP contribution is 2.18. The van der Waals surface area contributed by atoms with Crippen molar-refractivity contribution in [3.05, 3.63) is 21.9 Å². The van der Waals surface area contributed by atoms with Crippen molar-refractivity contribution in [1.29, 1.82) is 0 Å². The lowest BCUT2D eigenvalue weighted by atomic mass is 10.4. The number of thiophene rings is 1. The van der Waals surface area contributed by atoms with Crippen molar-refractivity contribution in [2.45, 2.75) is 26.8 Å². The Bertz CT molecular complexity index is 581. The van der Waals surface area contributed by atoms with E-state index in [1.54, 1.807) is 0 Å². The summed E-state index contributed by atoms with van der Waals surface area (Å²) in [7, 11) is 3.84. The summed E-state index contributed by atoms with van der Waals surface area (Å²) in [4.78, 5) is 17.7. The molecule has 2 N–H and O–H groups in total. The summed E-state index contributed by atoms with van der Waals surface area (Å²) in [5.41, 5.74) is 0. The molecule has 2 aromatic heterocycles. The summed E-state index contributed by atoms with van der Waals surface area (Å²) < 4.78 is 0. The standard InChI is InChI=1S/C14H22N6S/c1-5-10-7-8-11(21-10)9-16-13-17-12(15-6-2)18-14(19-13)20(3)4/h7-8H,5-6,9H2,1-4H3,(H2,15,16,17,18,19). The number of nitrogens with one attached hydrogen (secondary N) is 2. The van der Waals surface area contributed by atoms with Crippen LogP contribution >= 0.6 is 11.3 Å². The van der Waals surface area contributed by atoms with Crippen molar-refractivity contribution in [2.24, 2.45) is 0 Å². The van der Waals surface area contributed by atoms with Gasteiger partial charge in [-0.2, -0.15) is 15.0 Å². The minimum absolute atomic E-state index is 0.594. The molecule has 0 amide bonds. The maximum atomic E-state index is 4.41. The van der Waals surface area contributed by atoms with E-state index in [0.29, 0.717) is 17.8 Å². The van der Waals surface area contributed by atoms with E-state index >= 15 is 0 Å². The average molecular weight is 306 g/mol. The van der Waals surface area contributed by atoms with E-state index in [1.807, 2.05) is 37.3 Å². The van der Waals surface area contributed by atoms with Gasteiger partial charge in [-0.25, -0.2) is 0 Å². The minimum Gasteiger partial charge on any atom is -0.354 e. The van der Waals surface area contributed by atoms with Crippen LogP contribution in [0.1, 0.15) is 23.6 Å². The Morgan fingerprint density at radius 1 is 1.00 bits per heavy atom. The molecule has 7 heteroatoms. The molecule has 0 radical (unpaired) electrons. The van der Waals surface area contributed by atoms with Gasteiger partial charge in [-0.3, -0.25) is 0 Å². The SMILES string of the molecule is CCNc1nc(NCc2ccc(CC)s2)nc(N(C)C)n1. The number of hydrogen-bond donors (Lipinski definition) is 2. The summed E-state index contributed by atoms with van der Waals surface area (Å²) in [5, 5.41) is 6.40. The second-order valence-electron chi connectivity index (χ2n) is 4.78. The topological polar surface area (TPSA) is 66.0 Å². The first kappa shape index (κ1) is 15.5. The van der Waals surface area contributed by atoms with E-state index in [0.717, 1.165) is 19.5 Å². The summed E-state index contributed by atoms with van der Waals surface area (Å²) in [6, 6.07) is 4.32. The molecule has 2 heterocycles. The van der Waals surface area contributed by atoms with E-state index in [9.17, 15) is 0 Å². The van der Waals surface area contributed by atoms with Gasteiger partial charge >= 0.3 is 0 Å². The van der Waals surface area contributed by atoms with Crippen LogP contribution in [0.4, 0.5) is 17.8 Å². The van der Waals surface area contributed by atoms with E-state index in [4.69, 9.17) is 0 Å². The zero-order chi connectivity index (χ0) is 15.2. The molecule has 0 aliphatic heterocycles. The number of rotatable bonds is 7. The number of anilines is 3. The van der Waals surface area contributed by atoms with E-state index < -0.39 is 0 Å². The Hall–Kier alpha value is -1.89. The normalized spacial score (nSPS) is 10.5. The van der Waals surface area contributed by atoms with E-state index in [1.165, 1.54) is 9.75 Å². The van der Waals surface area contributed by atoms with Crippen LogP contribution in [0.2, 0.25) is 0 Å². The van der Waals surface area contributed by atoms with Crippen LogP contribution in [0.5, 0.6) is 0 Å². The van der Waals surface area contributed by atoms with E-state index in [-0.39, 0.29) is 0 Å². The Kier molecular flexibility index (Phi) is 5.32. The van der Waals surface area contributed by atoms with Gasteiger partial charge < -0.3 is 15.5 Å². The van der Waals surface area contributed by atoms with Crippen molar-refractivity contribution in [3.63, 3.8) is 0 Å². The van der Waals surface area contributed by atoms with Crippen LogP contribution in [-0.2, 0) is 13.0 Å². The van der Waals surface area contributed by atoms with Crippen LogP contribution < -0.4 is 15.5 Å². The van der Waals surface area contributed by atoms with Gasteiger partial charge in [0.05, 0.1) is 6.54 Å². The van der Waals surface area contributed by atoms with Crippen LogP contribution in [-0.4, -0.2) is 35.6 Å². The molecule has 2 aromatic rings. The molecule has 2 rings (SSSR count). The van der Waals surface area contributed by atoms with Gasteiger partial charge in [-0.05, 0) is 25.5 Å². The fourth-order valence-corrected chi connectivity index (χ4v) is 2.65. The predicted octanol–water partition coefficient (Wildman–Crippen LogP) is 2.61. The lowest BCUT2D eigenvalue weighted by Crippen LogP contribution is -2.17. The van der Waals surface area contributed by atoms with Crippen molar-refractivity contribution < 1.29 is 0 Å². The Morgan fingerprint density at radius 3 is 2.24 bits per heavy atom. The molecule has 0 spiro atoms. The maximum Gasteiger partial charge on any atom is 0.231 e. The van der Waals surface area contributed by atoms with Crippen LogP contribution in [0.25, 0.3) is 0 Å². The van der Waals surface area contributed by atoms with Crippen molar-refractivity contribution in [2.75, 3.05) is 36.2 Å². The van der Waals surface area contributed by atoms with Gasteiger partial charge in [0.25, 0.3) is 0 Å². The molecular formula is C14H22N6S. The van der Waals surface area contributed by atoms with Gasteiger partial charge in [0, 0.05) is 30.4 Å². The summed E-state index contributed by atoms with van der Waals surface area (Å²) in [5.74, 6) is 1.83. The molecule has 0 saturated carbocycles. The minimum atomic E-state index is 0.594. The number of nitrogens with zero attached hydrogens (tertiary/aromatic N) is 4. The third kappa shape index (κ3) is 4.29. The summed E-state index contributed by atoms with van der Waals surface area (Å²) in [6.45, 7) is 5.69. The summed E-state index contributed by atoms with van der Waals surface area (Å²) >= 11 is 1.82. The third-order valence-corrected chi connectivity index (χ3v) is 4.07. The van der Waals surface area contributed by atoms with Crippen LogP contribution in [0.3, 0.4) is 0 Å². The van der Waals surface area contributed by atoms with Gasteiger partial charge in [0.1, 0.15) is 0 Å². The fraction of sp³-hybridized carbons (Fsp3) is 0.500. The molecule has 0 aliphatic rings. The van der Waals surface area contributed by atoms with Gasteiger partial charge in [0.15, 0.2) is 0 Å². The molecule has 0 bridgehead atoms. The molecule has 0 atom stereocenters. The molecule has 21 heavy (non-hydrogen) atoms. The number of hydrogen-bond acceptors (Lipinski definition) is 7. The second kappa shape index (κ2) is 7.21. The highest BCUT2D eigenvalue weighted by molar-refractivity contribution is 7.12. The van der Waals surface area contributed by atoms with Crippen molar-refractivity contribution >= 4 is 29.2 Å². The fourth-order valence-electron chi connectivity index (χ4n) is 1.75. The first-order valence-electron chi connectivity index (χ1n) is 7.11. The first-order valence-corrected chi connectivity index (χ1v) is 7.92. The molecule has 6 nitrogen and oxygen atoms in total. The molecule has 0 fully saturated rings. The Morgan fingerprint density at radius 2 is 1.67 bits per heavy atom. The molecule has 0 saturated heterocycles. The average Bonchev–Trinajstić information content (AvgIpc) is 2.93. The van der Waals surface area contributed by atoms with E-state index in [2.05, 4.69) is 44.6 Å². The lowest BCUT2D eigenvalue weighted by molar-refractivity contribution is 0.938. The van der Waals surface area contributed by atoms with Gasteiger partial charge in [-0.15, -0.1) is 11.3 Å². The quantitative estimate of drug-likeness (QED) is 0.819. The lowest BCUT2D eigenvalue weighted by Gasteiger charge is -2.13. The van der Waals surface area contributed by atoms with Gasteiger partial charge in [0.2, 0.25) is 17.8 Å². The van der Waals surface area contributed by atoms with Crippen LogP contribution in [0.15, 0.2) is 12.1 Å². The molecule has 0 unspecified atom stereocenters. The first-order chi connectivity index (χ1) is 10.1. The molecule has 0 aliphatic carbocycles. The molecular weight excluding hydrogens is 284 g/mol. The summed E-state index contributed by atoms with van der Waals surface area (Å²) in [6.07, 6.45) is 1.08. The Balaban J connectivity index is 2.10. The monoisotopic (exact) mass is 306 g/mol. The Labute approximate surface area is 129 Å². The molecule has 0 aromatic carbocycles. The van der Waals surface area contributed by atoms with Crippen molar-refractivity contribution in [3.8, 4) is 0 Å². The smallest absolute Gasteiger partial charge is 0.231 e. The predicted molar refractivity (Wildman–Crippen MR) is 89.3 cm³/mol. The van der Waals surface area contributed by atoms with Crippen molar-refractivity contribution in [1.82, 2.24) is 15.0 Å². The number of aryl methyl sites for hydroxylation is 1. The maximum absolute atomic E-state index is 4.41. The highest BCUT2D eigenvalue weighted by Gasteiger charge is 2.08. The second-order valence-corrected chi connectivity index (χ2v) is 6.04. The molecule has 114 valence electrons. The van der Waals surface area contributed by atoms with Gasteiger partial charge in [-0.1, -0.05) is 6.92 Å². The zero-order valence-electron chi connectivity index (χ0n) is 13.0. The highest BCUT2D eigenvalue weighted by atomic mass is 32.1. The number of aromatic nitrogens is 3. The zero-order valence-corrected chi connectivity index (χ0v) is 13.8. The largest absolute Gasteiger partial charge is 0.354 e.